The van der Waals surface area contributed by atoms with Gasteiger partial charge in [0.15, 0.2) is 6.54 Å². The molecule has 1 aliphatic rings. The van der Waals surface area contributed by atoms with Crippen LogP contribution in [0.4, 0.5) is 11.4 Å². The minimum absolute atomic E-state index is 0.0561. The van der Waals surface area contributed by atoms with Gasteiger partial charge in [0.25, 0.3) is 5.91 Å². The van der Waals surface area contributed by atoms with Crippen molar-refractivity contribution >= 4 is 23.2 Å². The van der Waals surface area contributed by atoms with Crippen molar-refractivity contribution in [2.75, 3.05) is 50.4 Å². The fourth-order valence-electron chi connectivity index (χ4n) is 5.32. The number of anilines is 2. The number of benzene rings is 2. The zero-order valence-electron chi connectivity index (χ0n) is 23.1. The van der Waals surface area contributed by atoms with Gasteiger partial charge in [0.2, 0.25) is 5.91 Å². The van der Waals surface area contributed by atoms with Crippen LogP contribution in [0.3, 0.4) is 0 Å². The van der Waals surface area contributed by atoms with Crippen LogP contribution >= 0.6 is 0 Å². The van der Waals surface area contributed by atoms with Crippen molar-refractivity contribution in [2.24, 2.45) is 0 Å². The second kappa shape index (κ2) is 12.5. The fraction of sp³-hybridized carbons (Fsp3) is 0.533. The predicted molar refractivity (Wildman–Crippen MR) is 149 cm³/mol. The van der Waals surface area contributed by atoms with Gasteiger partial charge in [-0.1, -0.05) is 42.8 Å². The lowest BCUT2D eigenvalue weighted by Crippen LogP contribution is -2.51. The Morgan fingerprint density at radius 1 is 0.917 bits per heavy atom. The highest BCUT2D eigenvalue weighted by molar-refractivity contribution is 5.96. The summed E-state index contributed by atoms with van der Waals surface area (Å²) in [5, 5.41) is 6.36. The van der Waals surface area contributed by atoms with Crippen LogP contribution in [0.1, 0.15) is 54.9 Å². The summed E-state index contributed by atoms with van der Waals surface area (Å²) in [5.74, 6) is 0.161. The molecule has 0 aliphatic carbocycles. The second-order valence-electron chi connectivity index (χ2n) is 10.8. The van der Waals surface area contributed by atoms with E-state index in [9.17, 15) is 9.59 Å². The minimum Gasteiger partial charge on any atom is -0.324 e. The summed E-state index contributed by atoms with van der Waals surface area (Å²) in [7, 11) is 2.16. The van der Waals surface area contributed by atoms with Gasteiger partial charge < -0.3 is 15.1 Å². The Bertz CT molecular complexity index is 1030. The topological polar surface area (TPSA) is 61.4 Å². The van der Waals surface area contributed by atoms with Crippen LogP contribution in [0.15, 0.2) is 36.4 Å². The number of carbonyl (C=O) groups is 2. The average molecular weight is 494 g/mol. The van der Waals surface area contributed by atoms with Crippen molar-refractivity contribution in [2.45, 2.75) is 66.3 Å². The first kappa shape index (κ1) is 27.9. The number of nitrogens with one attached hydrogen (secondary N) is 2. The molecule has 1 saturated heterocycles. The van der Waals surface area contributed by atoms with Gasteiger partial charge in [-0.3, -0.25) is 14.5 Å². The number of quaternary nitrogens is 1. The van der Waals surface area contributed by atoms with Crippen LogP contribution in [0, 0.1) is 27.7 Å². The summed E-state index contributed by atoms with van der Waals surface area (Å²) in [4.78, 5) is 28.5. The largest absolute Gasteiger partial charge is 0.324 e. The summed E-state index contributed by atoms with van der Waals surface area (Å²) in [6.07, 6.45) is 4.07. The number of aryl methyl sites for hydroxylation is 4. The highest BCUT2D eigenvalue weighted by atomic mass is 16.2. The SMILES string of the molecule is CC[N+](C)(CCCN1CCCCC1C(=O)Nc1c(C)cccc1C)CC(=O)Nc1c(C)cccc1C. The molecule has 3 rings (SSSR count). The third-order valence-corrected chi connectivity index (χ3v) is 7.82. The Kier molecular flexibility index (Phi) is 9.69. The number of rotatable bonds is 10. The van der Waals surface area contributed by atoms with E-state index in [1.54, 1.807) is 0 Å². The van der Waals surface area contributed by atoms with Crippen LogP contribution in [0.2, 0.25) is 0 Å². The van der Waals surface area contributed by atoms with E-state index in [0.717, 1.165) is 85.5 Å². The lowest BCUT2D eigenvalue weighted by atomic mass is 10.00. The summed E-state index contributed by atoms with van der Waals surface area (Å²) in [5.41, 5.74) is 6.24. The normalized spacial score (nSPS) is 17.9. The van der Waals surface area contributed by atoms with Crippen LogP contribution in [-0.2, 0) is 9.59 Å². The third kappa shape index (κ3) is 7.17. The van der Waals surface area contributed by atoms with Gasteiger partial charge in [-0.05, 0) is 76.3 Å². The number of carbonyl (C=O) groups excluding carboxylic acids is 2. The number of nitrogens with zero attached hydrogens (tertiary/aromatic N) is 2. The Morgan fingerprint density at radius 2 is 1.47 bits per heavy atom. The highest BCUT2D eigenvalue weighted by Gasteiger charge is 2.30. The van der Waals surface area contributed by atoms with Gasteiger partial charge in [-0.25, -0.2) is 0 Å². The van der Waals surface area contributed by atoms with Crippen molar-refractivity contribution in [1.29, 1.82) is 0 Å². The molecule has 1 aliphatic heterocycles. The van der Waals surface area contributed by atoms with Crippen molar-refractivity contribution in [1.82, 2.24) is 4.90 Å². The van der Waals surface area contributed by atoms with Gasteiger partial charge in [0.1, 0.15) is 0 Å². The Balaban J connectivity index is 1.57. The van der Waals surface area contributed by atoms with Crippen molar-refractivity contribution in [3.63, 3.8) is 0 Å². The van der Waals surface area contributed by atoms with E-state index in [-0.39, 0.29) is 17.9 Å². The second-order valence-corrected chi connectivity index (χ2v) is 10.8. The molecule has 6 heteroatoms. The summed E-state index contributed by atoms with van der Waals surface area (Å²) < 4.78 is 0.684. The molecular weight excluding hydrogens is 448 g/mol. The molecule has 2 aromatic rings. The molecule has 36 heavy (non-hydrogen) atoms. The van der Waals surface area contributed by atoms with Gasteiger partial charge in [-0.2, -0.15) is 0 Å². The molecule has 2 amide bonds. The Hall–Kier alpha value is -2.70. The summed E-state index contributed by atoms with van der Waals surface area (Å²) >= 11 is 0. The molecule has 6 nitrogen and oxygen atoms in total. The van der Waals surface area contributed by atoms with Crippen LogP contribution in [0.25, 0.3) is 0 Å². The number of likely N-dealkylation sites (N-methyl/N-ethyl adjacent to an activating group) is 1. The molecule has 0 aromatic heterocycles. The quantitative estimate of drug-likeness (QED) is 0.447. The van der Waals surface area contributed by atoms with E-state index in [1.165, 1.54) is 0 Å². The molecule has 0 spiro atoms. The third-order valence-electron chi connectivity index (χ3n) is 7.82. The molecule has 2 unspecified atom stereocenters. The zero-order valence-corrected chi connectivity index (χ0v) is 23.1. The first-order chi connectivity index (χ1) is 17.1. The van der Waals surface area contributed by atoms with E-state index in [2.05, 4.69) is 29.5 Å². The highest BCUT2D eigenvalue weighted by Crippen LogP contribution is 2.24. The van der Waals surface area contributed by atoms with Gasteiger partial charge in [0, 0.05) is 24.3 Å². The first-order valence-electron chi connectivity index (χ1n) is 13.4. The predicted octanol–water partition coefficient (Wildman–Crippen LogP) is 5.21. The molecule has 0 bridgehead atoms. The van der Waals surface area contributed by atoms with Gasteiger partial charge in [-0.15, -0.1) is 0 Å². The van der Waals surface area contributed by atoms with Gasteiger partial charge in [0.05, 0.1) is 26.2 Å². The van der Waals surface area contributed by atoms with Crippen LogP contribution in [0.5, 0.6) is 0 Å². The minimum atomic E-state index is -0.0922. The number of likely N-dealkylation sites (tertiary alicyclic amines) is 1. The first-order valence-corrected chi connectivity index (χ1v) is 13.4. The summed E-state index contributed by atoms with van der Waals surface area (Å²) in [6.45, 7) is 14.3. The summed E-state index contributed by atoms with van der Waals surface area (Å²) in [6, 6.07) is 12.1. The van der Waals surface area contributed by atoms with Crippen molar-refractivity contribution in [3.05, 3.63) is 58.7 Å². The van der Waals surface area contributed by atoms with Crippen LogP contribution < -0.4 is 10.6 Å². The molecule has 1 fully saturated rings. The molecule has 2 aromatic carbocycles. The average Bonchev–Trinajstić information content (AvgIpc) is 2.84. The van der Waals surface area contributed by atoms with Crippen molar-refractivity contribution in [3.8, 4) is 0 Å². The number of piperidine rings is 1. The maximum atomic E-state index is 13.3. The molecular formula is C30H45N4O2+. The molecule has 0 saturated carbocycles. The van der Waals surface area contributed by atoms with E-state index < -0.39 is 0 Å². The smallest absolute Gasteiger partial charge is 0.279 e. The molecule has 2 N–H and O–H groups in total. The van der Waals surface area contributed by atoms with E-state index in [0.29, 0.717) is 11.0 Å². The Labute approximate surface area is 217 Å². The maximum absolute atomic E-state index is 13.3. The molecule has 0 radical (unpaired) electrons. The maximum Gasteiger partial charge on any atom is 0.279 e. The molecule has 196 valence electrons. The monoisotopic (exact) mass is 493 g/mol. The van der Waals surface area contributed by atoms with E-state index >= 15 is 0 Å². The zero-order chi connectivity index (χ0) is 26.3. The molecule has 1 heterocycles. The number of hydrogen-bond acceptors (Lipinski definition) is 3. The lowest BCUT2D eigenvalue weighted by Gasteiger charge is -2.37. The Morgan fingerprint density at radius 3 is 2.03 bits per heavy atom. The van der Waals surface area contributed by atoms with Crippen LogP contribution in [-0.4, -0.2) is 67.0 Å². The standard InChI is InChI=1S/C30H44N4O2/c1-7-34(6,21-27(35)31-28-22(2)13-10-14-23(28)3)20-12-19-33-18-9-8-17-26(33)30(36)32-29-24(4)15-11-16-25(29)5/h10-11,13-16,26H,7-9,12,17-21H2,1-6H3,(H-,31,32,35,36)/p+1. The lowest BCUT2D eigenvalue weighted by molar-refractivity contribution is -0.900. The van der Waals surface area contributed by atoms with E-state index in [1.807, 2.05) is 64.1 Å². The van der Waals surface area contributed by atoms with Gasteiger partial charge >= 0.3 is 0 Å². The number of hydrogen-bond donors (Lipinski definition) is 2. The fourth-order valence-corrected chi connectivity index (χ4v) is 5.32. The van der Waals surface area contributed by atoms with E-state index in [4.69, 9.17) is 0 Å². The van der Waals surface area contributed by atoms with Crippen molar-refractivity contribution < 1.29 is 14.1 Å². The number of amides is 2. The molecule has 2 atom stereocenters. The number of para-hydroxylation sites is 2.